The van der Waals surface area contributed by atoms with Crippen LogP contribution in [0.15, 0.2) is 48.5 Å². The SMILES string of the molecule is CCNC(=O)Nc1ccc(C2OC(CN3CCCC3COC)CC(c3ccc(CO)cc3)O2)cc1. The van der Waals surface area contributed by atoms with Crippen molar-refractivity contribution in [3.05, 3.63) is 65.2 Å². The van der Waals surface area contributed by atoms with Gasteiger partial charge in [0.2, 0.25) is 0 Å². The number of anilines is 1. The maximum atomic E-state index is 11.8. The Morgan fingerprint density at radius 2 is 1.86 bits per heavy atom. The van der Waals surface area contributed by atoms with Gasteiger partial charge in [-0.05, 0) is 49.6 Å². The summed E-state index contributed by atoms with van der Waals surface area (Å²) < 4.78 is 18.3. The van der Waals surface area contributed by atoms with E-state index in [2.05, 4.69) is 15.5 Å². The summed E-state index contributed by atoms with van der Waals surface area (Å²) >= 11 is 0. The van der Waals surface area contributed by atoms with Crippen LogP contribution in [0, 0.1) is 0 Å². The molecule has 0 bridgehead atoms. The van der Waals surface area contributed by atoms with E-state index in [0.717, 1.165) is 49.2 Å². The van der Waals surface area contributed by atoms with E-state index < -0.39 is 6.29 Å². The molecule has 2 fully saturated rings. The number of carbonyl (C=O) groups is 1. The molecule has 35 heavy (non-hydrogen) atoms. The molecule has 2 heterocycles. The molecule has 2 amide bonds. The number of hydrogen-bond donors (Lipinski definition) is 3. The molecule has 2 aromatic carbocycles. The first-order chi connectivity index (χ1) is 17.1. The number of benzene rings is 2. The van der Waals surface area contributed by atoms with E-state index in [0.29, 0.717) is 18.3 Å². The lowest BCUT2D eigenvalue weighted by Gasteiger charge is -2.38. The number of carbonyl (C=O) groups excluding carboxylic acids is 1. The minimum absolute atomic E-state index is 0.00172. The number of aliphatic hydroxyl groups is 1. The van der Waals surface area contributed by atoms with Gasteiger partial charge in [0, 0.05) is 43.9 Å². The largest absolute Gasteiger partial charge is 0.392 e. The highest BCUT2D eigenvalue weighted by Crippen LogP contribution is 2.39. The second-order valence-corrected chi connectivity index (χ2v) is 9.20. The van der Waals surface area contributed by atoms with Crippen LogP contribution in [0.3, 0.4) is 0 Å². The van der Waals surface area contributed by atoms with E-state index in [9.17, 15) is 9.90 Å². The molecule has 4 unspecified atom stereocenters. The van der Waals surface area contributed by atoms with Crippen molar-refractivity contribution in [1.82, 2.24) is 10.2 Å². The van der Waals surface area contributed by atoms with Crippen molar-refractivity contribution in [1.29, 1.82) is 0 Å². The van der Waals surface area contributed by atoms with Gasteiger partial charge in [0.25, 0.3) is 0 Å². The Hall–Kier alpha value is -2.49. The fourth-order valence-corrected chi connectivity index (χ4v) is 4.87. The molecule has 8 heteroatoms. The van der Waals surface area contributed by atoms with Crippen molar-refractivity contribution in [2.75, 3.05) is 38.7 Å². The number of amides is 2. The molecule has 4 rings (SSSR count). The Bertz CT molecular complexity index is 937. The highest BCUT2D eigenvalue weighted by Gasteiger charge is 2.35. The minimum Gasteiger partial charge on any atom is -0.392 e. The number of urea groups is 1. The van der Waals surface area contributed by atoms with E-state index >= 15 is 0 Å². The van der Waals surface area contributed by atoms with Crippen molar-refractivity contribution >= 4 is 11.7 Å². The molecule has 3 N–H and O–H groups in total. The van der Waals surface area contributed by atoms with Crippen molar-refractivity contribution < 1.29 is 24.1 Å². The molecule has 2 aliphatic heterocycles. The average Bonchev–Trinajstić information content (AvgIpc) is 3.31. The highest BCUT2D eigenvalue weighted by atomic mass is 16.7. The Labute approximate surface area is 207 Å². The molecule has 4 atom stereocenters. The Kier molecular flexibility index (Phi) is 9.12. The Morgan fingerprint density at radius 3 is 2.54 bits per heavy atom. The molecule has 2 saturated heterocycles. The molecule has 2 aromatic rings. The molecule has 2 aliphatic rings. The second kappa shape index (κ2) is 12.5. The molecule has 0 spiro atoms. The first kappa shape index (κ1) is 25.6. The molecular weight excluding hydrogens is 446 g/mol. The Balaban J connectivity index is 1.50. The first-order valence-electron chi connectivity index (χ1n) is 12.5. The summed E-state index contributed by atoms with van der Waals surface area (Å²) in [6, 6.07) is 15.7. The van der Waals surface area contributed by atoms with Crippen LogP contribution in [0.2, 0.25) is 0 Å². The number of methoxy groups -OCH3 is 1. The molecule has 0 aliphatic carbocycles. The topological polar surface area (TPSA) is 92.3 Å². The van der Waals surface area contributed by atoms with Gasteiger partial charge in [-0.1, -0.05) is 36.4 Å². The quantitative estimate of drug-likeness (QED) is 0.500. The first-order valence-corrected chi connectivity index (χ1v) is 12.5. The number of nitrogens with one attached hydrogen (secondary N) is 2. The van der Waals surface area contributed by atoms with Crippen LogP contribution in [0.25, 0.3) is 0 Å². The normalized spacial score (nSPS) is 24.9. The van der Waals surface area contributed by atoms with Gasteiger partial charge in [0.05, 0.1) is 25.4 Å². The monoisotopic (exact) mass is 483 g/mol. The highest BCUT2D eigenvalue weighted by molar-refractivity contribution is 5.89. The number of aliphatic hydroxyl groups excluding tert-OH is 1. The van der Waals surface area contributed by atoms with Gasteiger partial charge in [-0.15, -0.1) is 0 Å². The van der Waals surface area contributed by atoms with Crippen LogP contribution in [0.1, 0.15) is 55.3 Å². The van der Waals surface area contributed by atoms with E-state index in [4.69, 9.17) is 14.2 Å². The molecule has 0 aromatic heterocycles. The summed E-state index contributed by atoms with van der Waals surface area (Å²) in [4.78, 5) is 14.3. The molecule has 0 radical (unpaired) electrons. The summed E-state index contributed by atoms with van der Waals surface area (Å²) in [5.41, 5.74) is 3.57. The van der Waals surface area contributed by atoms with Crippen LogP contribution >= 0.6 is 0 Å². The lowest BCUT2D eigenvalue weighted by Crippen LogP contribution is -2.42. The van der Waals surface area contributed by atoms with Gasteiger partial charge >= 0.3 is 6.03 Å². The van der Waals surface area contributed by atoms with Crippen LogP contribution in [-0.2, 0) is 20.8 Å². The van der Waals surface area contributed by atoms with Gasteiger partial charge in [-0.3, -0.25) is 4.90 Å². The lowest BCUT2D eigenvalue weighted by atomic mass is 9.99. The predicted molar refractivity (Wildman–Crippen MR) is 134 cm³/mol. The third-order valence-electron chi connectivity index (χ3n) is 6.69. The molecule has 190 valence electrons. The number of ether oxygens (including phenoxy) is 3. The zero-order chi connectivity index (χ0) is 24.6. The van der Waals surface area contributed by atoms with Crippen molar-refractivity contribution in [2.45, 2.75) is 57.3 Å². The molecule has 8 nitrogen and oxygen atoms in total. The number of likely N-dealkylation sites (tertiary alicyclic amines) is 1. The molecular formula is C27H37N3O5. The average molecular weight is 484 g/mol. The maximum Gasteiger partial charge on any atom is 0.319 e. The standard InChI is InChI=1S/C27H37N3O5/c1-3-28-27(32)29-22-12-10-21(11-13-22)26-34-24(16-30-14-4-5-23(30)18-33-2)15-25(35-26)20-8-6-19(17-31)7-9-20/h6-13,23-26,31H,3-5,14-18H2,1-2H3,(H2,28,29,32). The van der Waals surface area contributed by atoms with Crippen LogP contribution in [0.5, 0.6) is 0 Å². The third-order valence-corrected chi connectivity index (χ3v) is 6.69. The fourth-order valence-electron chi connectivity index (χ4n) is 4.87. The van der Waals surface area contributed by atoms with E-state index in [1.165, 1.54) is 6.42 Å². The third kappa shape index (κ3) is 6.80. The van der Waals surface area contributed by atoms with Gasteiger partial charge < -0.3 is 30.0 Å². The summed E-state index contributed by atoms with van der Waals surface area (Å²) in [6.45, 7) is 5.08. The minimum atomic E-state index is -0.515. The summed E-state index contributed by atoms with van der Waals surface area (Å²) in [6.07, 6.45) is 2.43. The van der Waals surface area contributed by atoms with Crippen LogP contribution in [0.4, 0.5) is 10.5 Å². The van der Waals surface area contributed by atoms with E-state index in [1.807, 2.05) is 55.5 Å². The van der Waals surface area contributed by atoms with Gasteiger partial charge in [0.1, 0.15) is 0 Å². The number of nitrogens with zero attached hydrogens (tertiary/aromatic N) is 1. The smallest absolute Gasteiger partial charge is 0.319 e. The van der Waals surface area contributed by atoms with Gasteiger partial charge in [-0.25, -0.2) is 4.79 Å². The Morgan fingerprint density at radius 1 is 1.11 bits per heavy atom. The van der Waals surface area contributed by atoms with E-state index in [-0.39, 0.29) is 24.8 Å². The molecule has 0 saturated carbocycles. The summed E-state index contributed by atoms with van der Waals surface area (Å²) in [5.74, 6) is 0. The van der Waals surface area contributed by atoms with Gasteiger partial charge in [0.15, 0.2) is 6.29 Å². The van der Waals surface area contributed by atoms with Crippen molar-refractivity contribution in [3.63, 3.8) is 0 Å². The number of rotatable bonds is 9. The number of hydrogen-bond acceptors (Lipinski definition) is 6. The zero-order valence-electron chi connectivity index (χ0n) is 20.6. The van der Waals surface area contributed by atoms with Crippen LogP contribution in [-0.4, -0.2) is 61.5 Å². The summed E-state index contributed by atoms with van der Waals surface area (Å²) in [7, 11) is 1.76. The summed E-state index contributed by atoms with van der Waals surface area (Å²) in [5, 5.41) is 15.0. The zero-order valence-corrected chi connectivity index (χ0v) is 20.6. The van der Waals surface area contributed by atoms with Crippen molar-refractivity contribution in [2.24, 2.45) is 0 Å². The lowest BCUT2D eigenvalue weighted by molar-refractivity contribution is -0.253. The second-order valence-electron chi connectivity index (χ2n) is 9.20. The van der Waals surface area contributed by atoms with Crippen molar-refractivity contribution in [3.8, 4) is 0 Å². The fraction of sp³-hybridized carbons (Fsp3) is 0.519. The van der Waals surface area contributed by atoms with Gasteiger partial charge in [-0.2, -0.15) is 0 Å². The van der Waals surface area contributed by atoms with E-state index in [1.54, 1.807) is 7.11 Å². The van der Waals surface area contributed by atoms with Crippen LogP contribution < -0.4 is 10.6 Å². The maximum absolute atomic E-state index is 11.8. The predicted octanol–water partition coefficient (Wildman–Crippen LogP) is 3.98.